The van der Waals surface area contributed by atoms with Crippen LogP contribution in [0, 0.1) is 0 Å². The van der Waals surface area contributed by atoms with Crippen LogP contribution < -0.4 is 5.32 Å². The Balaban J connectivity index is 1.80. The summed E-state index contributed by atoms with van der Waals surface area (Å²) in [5, 5.41) is 13.8. The van der Waals surface area contributed by atoms with Gasteiger partial charge in [-0.25, -0.2) is 4.79 Å². The van der Waals surface area contributed by atoms with E-state index in [4.69, 9.17) is 58.2 Å². The molecule has 2 fully saturated rings. The number of aliphatic hydroxyl groups excluding tert-OH is 1. The third-order valence-corrected chi connectivity index (χ3v) is 11.1. The Labute approximate surface area is 216 Å². The summed E-state index contributed by atoms with van der Waals surface area (Å²) in [6.45, 7) is 10.1. The molecule has 2 aliphatic heterocycles. The third-order valence-electron chi connectivity index (χ3n) is 6.31. The lowest BCUT2D eigenvalue weighted by Crippen LogP contribution is -2.68. The molecular formula is C22H32Cl3NO7Si. The van der Waals surface area contributed by atoms with E-state index < -0.39 is 61.7 Å². The van der Waals surface area contributed by atoms with E-state index in [9.17, 15) is 9.90 Å². The number of carbonyl (C=O) groups excluding carboxylic acids is 1. The van der Waals surface area contributed by atoms with E-state index in [1.807, 2.05) is 43.4 Å². The maximum Gasteiger partial charge on any atom is 0.407 e. The molecule has 2 N–H and O–H groups in total. The Bertz CT molecular complexity index is 834. The van der Waals surface area contributed by atoms with Crippen LogP contribution in [0.25, 0.3) is 0 Å². The Morgan fingerprint density at radius 2 is 1.82 bits per heavy atom. The first kappa shape index (κ1) is 28.0. The average Bonchev–Trinajstić information content (AvgIpc) is 2.74. The van der Waals surface area contributed by atoms with Gasteiger partial charge in [-0.1, -0.05) is 85.9 Å². The number of aliphatic hydroxyl groups is 1. The molecule has 0 bridgehead atoms. The van der Waals surface area contributed by atoms with Crippen molar-refractivity contribution in [2.75, 3.05) is 13.2 Å². The molecule has 0 saturated carbocycles. The predicted molar refractivity (Wildman–Crippen MR) is 132 cm³/mol. The fourth-order valence-electron chi connectivity index (χ4n) is 3.42. The number of alkyl halides is 3. The van der Waals surface area contributed by atoms with E-state index in [1.54, 1.807) is 0 Å². The van der Waals surface area contributed by atoms with Gasteiger partial charge in [-0.05, 0) is 18.1 Å². The van der Waals surface area contributed by atoms with Gasteiger partial charge in [0.1, 0.15) is 31.0 Å². The van der Waals surface area contributed by atoms with Gasteiger partial charge in [0.15, 0.2) is 20.9 Å². The number of alkyl carbamates (subject to hydrolysis) is 1. The normalized spacial score (nSPS) is 30.4. The number of hydrogen-bond donors (Lipinski definition) is 2. The van der Waals surface area contributed by atoms with E-state index in [1.165, 1.54) is 0 Å². The van der Waals surface area contributed by atoms with Gasteiger partial charge in [-0.15, -0.1) is 0 Å². The summed E-state index contributed by atoms with van der Waals surface area (Å²) >= 11 is 17.0. The van der Waals surface area contributed by atoms with Crippen molar-refractivity contribution in [1.29, 1.82) is 0 Å². The molecule has 12 heteroatoms. The second kappa shape index (κ2) is 10.8. The Hall–Kier alpha value is -0.623. The quantitative estimate of drug-likeness (QED) is 0.402. The lowest BCUT2D eigenvalue weighted by molar-refractivity contribution is -0.335. The minimum atomic E-state index is -2.36. The smallest absolute Gasteiger partial charge is 0.407 e. The summed E-state index contributed by atoms with van der Waals surface area (Å²) in [5.74, 6) is 0. The zero-order valence-corrected chi connectivity index (χ0v) is 23.1. The van der Waals surface area contributed by atoms with E-state index in [2.05, 4.69) is 26.1 Å². The van der Waals surface area contributed by atoms with E-state index in [0.717, 1.165) is 5.56 Å². The van der Waals surface area contributed by atoms with Crippen molar-refractivity contribution in [2.45, 2.75) is 79.6 Å². The van der Waals surface area contributed by atoms with Crippen molar-refractivity contribution in [1.82, 2.24) is 5.32 Å². The van der Waals surface area contributed by atoms with Gasteiger partial charge in [-0.2, -0.15) is 0 Å². The molecule has 1 amide bonds. The molecule has 2 heterocycles. The lowest BCUT2D eigenvalue weighted by atomic mass is 9.96. The maximum absolute atomic E-state index is 12.5. The number of ether oxygens (including phenoxy) is 4. The highest BCUT2D eigenvalue weighted by Crippen LogP contribution is 2.40. The molecule has 1 aromatic rings. The summed E-state index contributed by atoms with van der Waals surface area (Å²) in [5.41, 5.74) is 0.805. The van der Waals surface area contributed by atoms with Crippen molar-refractivity contribution in [3.05, 3.63) is 35.9 Å². The second-order valence-electron chi connectivity index (χ2n) is 9.95. The Kier molecular flexibility index (Phi) is 8.86. The topological polar surface area (TPSA) is 95.5 Å². The van der Waals surface area contributed by atoms with Gasteiger partial charge in [-0.3, -0.25) is 0 Å². The summed E-state index contributed by atoms with van der Waals surface area (Å²) in [4.78, 5) is 12.5. The molecule has 6 atom stereocenters. The molecule has 1 aromatic carbocycles. The van der Waals surface area contributed by atoms with Gasteiger partial charge < -0.3 is 33.8 Å². The van der Waals surface area contributed by atoms with Crippen molar-refractivity contribution >= 4 is 49.2 Å². The zero-order chi connectivity index (χ0) is 25.3. The number of fused-ring (bicyclic) bond motifs is 1. The van der Waals surface area contributed by atoms with Crippen molar-refractivity contribution < 1.29 is 33.3 Å². The van der Waals surface area contributed by atoms with Crippen LogP contribution in [0.4, 0.5) is 4.79 Å². The molecule has 8 nitrogen and oxygen atoms in total. The van der Waals surface area contributed by atoms with Gasteiger partial charge in [0, 0.05) is 5.56 Å². The lowest BCUT2D eigenvalue weighted by Gasteiger charge is -2.50. The number of nitrogens with one attached hydrogen (secondary N) is 1. The summed E-state index contributed by atoms with van der Waals surface area (Å²) < 4.78 is 27.8. The molecule has 0 radical (unpaired) electrons. The van der Waals surface area contributed by atoms with Crippen LogP contribution in [0.5, 0.6) is 0 Å². The molecular weight excluding hydrogens is 525 g/mol. The highest BCUT2D eigenvalue weighted by molar-refractivity contribution is 6.74. The highest BCUT2D eigenvalue weighted by Gasteiger charge is 2.53. The number of halogens is 3. The van der Waals surface area contributed by atoms with Gasteiger partial charge in [0.05, 0.1) is 6.61 Å². The van der Waals surface area contributed by atoms with Gasteiger partial charge >= 0.3 is 6.09 Å². The van der Waals surface area contributed by atoms with Gasteiger partial charge in [0.25, 0.3) is 0 Å². The van der Waals surface area contributed by atoms with Crippen LogP contribution >= 0.6 is 34.8 Å². The van der Waals surface area contributed by atoms with Crippen molar-refractivity contribution in [3.63, 3.8) is 0 Å². The summed E-state index contributed by atoms with van der Waals surface area (Å²) in [6, 6.07) is 8.38. The fourth-order valence-corrected chi connectivity index (χ4v) is 4.72. The first-order chi connectivity index (χ1) is 15.7. The molecule has 192 valence electrons. The van der Waals surface area contributed by atoms with Crippen LogP contribution in [0.1, 0.15) is 32.6 Å². The second-order valence-corrected chi connectivity index (χ2v) is 17.2. The highest BCUT2D eigenvalue weighted by atomic mass is 35.6. The molecule has 3 rings (SSSR count). The summed E-state index contributed by atoms with van der Waals surface area (Å²) in [7, 11) is -2.36. The van der Waals surface area contributed by atoms with Crippen LogP contribution in [0.2, 0.25) is 18.1 Å². The van der Waals surface area contributed by atoms with Crippen LogP contribution in [0.3, 0.4) is 0 Å². The SMILES string of the molecule is CC(C)(C)[Si](C)(C)OC1OC2COC(c3ccccc3)OC2C(O)C1NC(=O)OCC(Cl)(Cl)Cl. The third kappa shape index (κ3) is 6.99. The molecule has 2 saturated heterocycles. The predicted octanol–water partition coefficient (Wildman–Crippen LogP) is 4.67. The Morgan fingerprint density at radius 1 is 1.18 bits per heavy atom. The largest absolute Gasteiger partial charge is 0.445 e. The summed E-state index contributed by atoms with van der Waals surface area (Å²) in [6.07, 6.45) is -5.08. The molecule has 6 unspecified atom stereocenters. The first-order valence-corrected chi connectivity index (χ1v) is 15.1. The zero-order valence-electron chi connectivity index (χ0n) is 19.8. The van der Waals surface area contributed by atoms with E-state index in [-0.39, 0.29) is 11.6 Å². The van der Waals surface area contributed by atoms with Crippen LogP contribution in [0.15, 0.2) is 30.3 Å². The molecule has 0 spiro atoms. The van der Waals surface area contributed by atoms with E-state index >= 15 is 0 Å². The standard InChI is InChI=1S/C22H32Cl3NO7Si/c1-21(2,3)34(4,5)33-19-15(26-20(28)30-12-22(23,24)25)16(27)17-14(31-19)11-29-18(32-17)13-9-7-6-8-10-13/h6-10,14-19,27H,11-12H2,1-5H3,(H,26,28). The molecule has 0 aromatic heterocycles. The fraction of sp³-hybridized carbons (Fsp3) is 0.682. The van der Waals surface area contributed by atoms with Crippen LogP contribution in [-0.4, -0.2) is 67.2 Å². The molecule has 0 aliphatic carbocycles. The number of rotatable bonds is 5. The van der Waals surface area contributed by atoms with E-state index in [0.29, 0.717) is 0 Å². The average molecular weight is 557 g/mol. The minimum absolute atomic E-state index is 0.142. The van der Waals surface area contributed by atoms with Gasteiger partial charge in [0.2, 0.25) is 3.79 Å². The number of hydrogen-bond acceptors (Lipinski definition) is 7. The van der Waals surface area contributed by atoms with Crippen molar-refractivity contribution in [2.24, 2.45) is 0 Å². The Morgan fingerprint density at radius 3 is 2.41 bits per heavy atom. The number of carbonyl (C=O) groups is 1. The monoisotopic (exact) mass is 555 g/mol. The number of amides is 1. The van der Waals surface area contributed by atoms with Crippen molar-refractivity contribution in [3.8, 4) is 0 Å². The number of benzene rings is 1. The van der Waals surface area contributed by atoms with Crippen LogP contribution in [-0.2, 0) is 23.4 Å². The minimum Gasteiger partial charge on any atom is -0.445 e. The maximum atomic E-state index is 12.5. The molecule has 34 heavy (non-hydrogen) atoms. The molecule has 2 aliphatic rings. The first-order valence-electron chi connectivity index (χ1n) is 11.0.